The summed E-state index contributed by atoms with van der Waals surface area (Å²) in [5.41, 5.74) is 1.60. The largest absolute Gasteiger partial charge is 0.479 e. The molecule has 0 heterocycles. The highest BCUT2D eigenvalue weighted by molar-refractivity contribution is 7.91. The van der Waals surface area contributed by atoms with Gasteiger partial charge in [0.1, 0.15) is 0 Å². The van der Waals surface area contributed by atoms with Crippen LogP contribution in [0.5, 0.6) is 5.75 Å². The molecule has 0 saturated carbocycles. The van der Waals surface area contributed by atoms with E-state index in [1.807, 2.05) is 0 Å². The molecule has 0 aromatic heterocycles. The Hall–Kier alpha value is -2.98. The van der Waals surface area contributed by atoms with E-state index in [2.05, 4.69) is 5.32 Å². The Morgan fingerprint density at radius 3 is 2.41 bits per heavy atom. The standard InChI is InChI=1S/C24H23ClFNO6S/c25-18-3-1-2-17(12-18)22(28)14-27-11-10-16-4-6-19(7-5-16)34(31,32)20-8-9-23(21(26)13-20)33-15-24(29)30/h1-9,12-13,22,27-28H,10-11,14-15H2,(H,29,30)/t22-/m1/s1. The van der Waals surface area contributed by atoms with Gasteiger partial charge in [-0.3, -0.25) is 0 Å². The van der Waals surface area contributed by atoms with Crippen molar-refractivity contribution < 1.29 is 32.6 Å². The molecular weight excluding hydrogens is 485 g/mol. The minimum absolute atomic E-state index is 0.000748. The molecule has 0 unspecified atom stereocenters. The predicted octanol–water partition coefficient (Wildman–Crippen LogP) is 3.64. The van der Waals surface area contributed by atoms with Crippen LogP contribution in [0.15, 0.2) is 76.5 Å². The number of aliphatic carboxylic acids is 1. The zero-order valence-electron chi connectivity index (χ0n) is 17.9. The number of ether oxygens (including phenoxy) is 1. The van der Waals surface area contributed by atoms with Crippen molar-refractivity contribution in [3.8, 4) is 5.75 Å². The molecular formula is C24H23ClFNO6S. The third kappa shape index (κ3) is 6.77. The fourth-order valence-electron chi connectivity index (χ4n) is 3.18. The lowest BCUT2D eigenvalue weighted by atomic mass is 10.1. The molecule has 0 aliphatic heterocycles. The Balaban J connectivity index is 1.57. The van der Waals surface area contributed by atoms with E-state index in [0.29, 0.717) is 30.1 Å². The summed E-state index contributed by atoms with van der Waals surface area (Å²) in [6, 6.07) is 16.3. The molecule has 3 N–H and O–H groups in total. The smallest absolute Gasteiger partial charge is 0.341 e. The number of hydrogen-bond donors (Lipinski definition) is 3. The number of aliphatic hydroxyl groups is 1. The van der Waals surface area contributed by atoms with Gasteiger partial charge in [0, 0.05) is 11.6 Å². The van der Waals surface area contributed by atoms with Crippen LogP contribution in [-0.2, 0) is 21.1 Å². The number of rotatable bonds is 11. The third-order valence-electron chi connectivity index (χ3n) is 4.96. The van der Waals surface area contributed by atoms with Crippen molar-refractivity contribution in [3.63, 3.8) is 0 Å². The molecule has 0 aliphatic rings. The second-order valence-corrected chi connectivity index (χ2v) is 9.83. The van der Waals surface area contributed by atoms with E-state index in [4.69, 9.17) is 21.4 Å². The number of aliphatic hydroxyl groups excluding tert-OH is 1. The summed E-state index contributed by atoms with van der Waals surface area (Å²) >= 11 is 5.93. The van der Waals surface area contributed by atoms with Crippen molar-refractivity contribution in [2.75, 3.05) is 19.7 Å². The van der Waals surface area contributed by atoms with Crippen LogP contribution in [0.4, 0.5) is 4.39 Å². The van der Waals surface area contributed by atoms with E-state index in [1.165, 1.54) is 18.2 Å². The first-order valence-corrected chi connectivity index (χ1v) is 12.2. The van der Waals surface area contributed by atoms with E-state index < -0.39 is 34.3 Å². The summed E-state index contributed by atoms with van der Waals surface area (Å²) in [6.45, 7) is 0.163. The lowest BCUT2D eigenvalue weighted by molar-refractivity contribution is -0.139. The number of carbonyl (C=O) groups is 1. The average molecular weight is 508 g/mol. The van der Waals surface area contributed by atoms with Gasteiger partial charge in [0.2, 0.25) is 9.84 Å². The van der Waals surface area contributed by atoms with Crippen molar-refractivity contribution in [1.82, 2.24) is 5.32 Å². The second-order valence-electron chi connectivity index (χ2n) is 7.45. The Morgan fingerprint density at radius 1 is 1.06 bits per heavy atom. The molecule has 0 spiro atoms. The molecule has 3 aromatic rings. The molecule has 34 heavy (non-hydrogen) atoms. The lowest BCUT2D eigenvalue weighted by Crippen LogP contribution is -2.23. The summed E-state index contributed by atoms with van der Waals surface area (Å²) in [5, 5.41) is 22.5. The number of hydrogen-bond acceptors (Lipinski definition) is 6. The van der Waals surface area contributed by atoms with Gasteiger partial charge in [0.05, 0.1) is 15.9 Å². The zero-order chi connectivity index (χ0) is 24.7. The maximum absolute atomic E-state index is 14.2. The molecule has 0 radical (unpaired) electrons. The van der Waals surface area contributed by atoms with Crippen molar-refractivity contribution in [1.29, 1.82) is 0 Å². The van der Waals surface area contributed by atoms with E-state index in [-0.39, 0.29) is 15.5 Å². The number of carboxylic acids is 1. The van der Waals surface area contributed by atoms with E-state index in [0.717, 1.165) is 17.7 Å². The van der Waals surface area contributed by atoms with Crippen molar-refractivity contribution >= 4 is 27.4 Å². The van der Waals surface area contributed by atoms with E-state index >= 15 is 0 Å². The van der Waals surface area contributed by atoms with Gasteiger partial charge >= 0.3 is 5.97 Å². The highest BCUT2D eigenvalue weighted by atomic mass is 35.5. The minimum atomic E-state index is -3.97. The Bertz CT molecular complexity index is 1250. The third-order valence-corrected chi connectivity index (χ3v) is 6.96. The molecule has 180 valence electrons. The molecule has 0 bridgehead atoms. The van der Waals surface area contributed by atoms with Gasteiger partial charge in [0.25, 0.3) is 0 Å². The number of halogens is 2. The summed E-state index contributed by atoms with van der Waals surface area (Å²) < 4.78 is 44.6. The van der Waals surface area contributed by atoms with Gasteiger partial charge in [-0.2, -0.15) is 0 Å². The van der Waals surface area contributed by atoms with Gasteiger partial charge in [0.15, 0.2) is 18.2 Å². The van der Waals surface area contributed by atoms with Crippen molar-refractivity contribution in [2.24, 2.45) is 0 Å². The highest BCUT2D eigenvalue weighted by Gasteiger charge is 2.20. The van der Waals surface area contributed by atoms with E-state index in [1.54, 1.807) is 36.4 Å². The fraction of sp³-hybridized carbons (Fsp3) is 0.208. The van der Waals surface area contributed by atoms with Crippen LogP contribution in [0.2, 0.25) is 5.02 Å². The summed E-state index contributed by atoms with van der Waals surface area (Å²) in [4.78, 5) is 10.3. The topological polar surface area (TPSA) is 113 Å². The Kier molecular flexibility index (Phi) is 8.62. The molecule has 0 amide bonds. The Morgan fingerprint density at radius 2 is 1.76 bits per heavy atom. The molecule has 0 fully saturated rings. The fourth-order valence-corrected chi connectivity index (χ4v) is 4.65. The molecule has 7 nitrogen and oxygen atoms in total. The minimum Gasteiger partial charge on any atom is -0.479 e. The van der Waals surface area contributed by atoms with Gasteiger partial charge < -0.3 is 20.3 Å². The maximum atomic E-state index is 14.2. The first-order chi connectivity index (χ1) is 16.2. The molecule has 0 aliphatic carbocycles. The first kappa shape index (κ1) is 25.6. The SMILES string of the molecule is O=C(O)COc1ccc(S(=O)(=O)c2ccc(CCNC[C@@H](O)c3cccc(Cl)c3)cc2)cc1F. The summed E-state index contributed by atoms with van der Waals surface area (Å²) in [6.07, 6.45) is -0.0974. The van der Waals surface area contributed by atoms with Gasteiger partial charge in [-0.25, -0.2) is 17.6 Å². The van der Waals surface area contributed by atoms with Gasteiger partial charge in [-0.15, -0.1) is 0 Å². The van der Waals surface area contributed by atoms with Crippen molar-refractivity contribution in [3.05, 3.63) is 88.7 Å². The Labute approximate surface area is 201 Å². The highest BCUT2D eigenvalue weighted by Crippen LogP contribution is 2.26. The maximum Gasteiger partial charge on any atom is 0.341 e. The average Bonchev–Trinajstić information content (AvgIpc) is 2.81. The van der Waals surface area contributed by atoms with Crippen LogP contribution in [-0.4, -0.2) is 44.3 Å². The monoisotopic (exact) mass is 507 g/mol. The predicted molar refractivity (Wildman–Crippen MR) is 124 cm³/mol. The zero-order valence-corrected chi connectivity index (χ0v) is 19.5. The molecule has 1 atom stereocenters. The number of nitrogens with one attached hydrogen (secondary N) is 1. The van der Waals surface area contributed by atoms with Gasteiger partial charge in [-0.1, -0.05) is 35.9 Å². The van der Waals surface area contributed by atoms with Crippen LogP contribution in [0.3, 0.4) is 0 Å². The van der Waals surface area contributed by atoms with Crippen molar-refractivity contribution in [2.45, 2.75) is 22.3 Å². The van der Waals surface area contributed by atoms with Crippen LogP contribution < -0.4 is 10.1 Å². The van der Waals surface area contributed by atoms with Crippen LogP contribution in [0.25, 0.3) is 0 Å². The van der Waals surface area contributed by atoms with Crippen LogP contribution in [0, 0.1) is 5.82 Å². The van der Waals surface area contributed by atoms with Crippen LogP contribution in [0.1, 0.15) is 17.2 Å². The quantitative estimate of drug-likeness (QED) is 0.339. The molecule has 3 aromatic carbocycles. The van der Waals surface area contributed by atoms with Crippen LogP contribution >= 0.6 is 11.6 Å². The van der Waals surface area contributed by atoms with E-state index in [9.17, 15) is 22.7 Å². The normalized spacial score (nSPS) is 12.3. The second kappa shape index (κ2) is 11.4. The molecule has 0 saturated heterocycles. The molecule has 10 heteroatoms. The number of carboxylic acid groups (broad SMARTS) is 1. The number of benzene rings is 3. The van der Waals surface area contributed by atoms with Gasteiger partial charge in [-0.05, 0) is 66.6 Å². The first-order valence-electron chi connectivity index (χ1n) is 10.3. The molecule has 3 rings (SSSR count). The lowest BCUT2D eigenvalue weighted by Gasteiger charge is -2.13. The summed E-state index contributed by atoms with van der Waals surface area (Å²) in [7, 11) is -3.97. The number of sulfone groups is 1. The summed E-state index contributed by atoms with van der Waals surface area (Å²) in [5.74, 6) is -2.58.